The number of hydrazone groups is 1. The van der Waals surface area contributed by atoms with Gasteiger partial charge in [0.05, 0.1) is 28.9 Å². The summed E-state index contributed by atoms with van der Waals surface area (Å²) in [6.45, 7) is 2.18. The summed E-state index contributed by atoms with van der Waals surface area (Å²) in [5, 5.41) is 4.60. The van der Waals surface area contributed by atoms with Crippen molar-refractivity contribution in [3.8, 4) is 11.5 Å². The molecule has 2 aromatic rings. The predicted molar refractivity (Wildman–Crippen MR) is 128 cm³/mol. The molecule has 0 saturated carbocycles. The minimum atomic E-state index is -0.592. The lowest BCUT2D eigenvalue weighted by Gasteiger charge is -2.10. The Balaban J connectivity index is 1.88. The lowest BCUT2D eigenvalue weighted by molar-refractivity contribution is -0.121. The molecule has 2 rings (SSSR count). The molecule has 1 amide bonds. The third-order valence-corrected chi connectivity index (χ3v) is 5.44. The van der Waals surface area contributed by atoms with Gasteiger partial charge in [0.25, 0.3) is 0 Å². The maximum Gasteiger partial charge on any atom is 0.343 e. The average molecular weight is 479 g/mol. The van der Waals surface area contributed by atoms with Gasteiger partial charge in [0.15, 0.2) is 11.5 Å². The molecule has 0 aliphatic carbocycles. The van der Waals surface area contributed by atoms with E-state index in [1.807, 2.05) is 0 Å². The molecule has 172 valence electrons. The van der Waals surface area contributed by atoms with Gasteiger partial charge in [-0.2, -0.15) is 5.10 Å². The number of amides is 1. The van der Waals surface area contributed by atoms with Crippen LogP contribution in [0.5, 0.6) is 11.5 Å². The monoisotopic (exact) mass is 478 g/mol. The molecule has 0 aliphatic rings. The summed E-state index contributed by atoms with van der Waals surface area (Å²) in [6.07, 6.45) is 8.70. The molecule has 0 bridgehead atoms. The number of carbonyl (C=O) groups is 2. The van der Waals surface area contributed by atoms with Gasteiger partial charge in [-0.3, -0.25) is 4.79 Å². The number of hydrogen-bond donors (Lipinski definition) is 1. The lowest BCUT2D eigenvalue weighted by Crippen LogP contribution is -2.16. The lowest BCUT2D eigenvalue weighted by atomic mass is 10.1. The smallest absolute Gasteiger partial charge is 0.343 e. The number of esters is 1. The summed E-state index contributed by atoms with van der Waals surface area (Å²) in [6, 6.07) is 9.43. The number of ether oxygens (including phenoxy) is 2. The maximum absolute atomic E-state index is 12.4. The molecule has 1 N–H and O–H groups in total. The molecule has 6 nitrogen and oxygen atoms in total. The van der Waals surface area contributed by atoms with Crippen LogP contribution < -0.4 is 14.9 Å². The molecule has 0 heterocycles. The van der Waals surface area contributed by atoms with Crippen molar-refractivity contribution in [2.24, 2.45) is 5.10 Å². The van der Waals surface area contributed by atoms with Crippen LogP contribution in [0, 0.1) is 0 Å². The number of unbranched alkanes of at least 4 members (excludes halogenated alkanes) is 5. The molecule has 0 saturated heterocycles. The van der Waals surface area contributed by atoms with Gasteiger partial charge in [0, 0.05) is 6.42 Å². The van der Waals surface area contributed by atoms with Crippen LogP contribution in [-0.2, 0) is 4.79 Å². The summed E-state index contributed by atoms with van der Waals surface area (Å²) >= 11 is 11.8. The number of benzene rings is 2. The van der Waals surface area contributed by atoms with Gasteiger partial charge in [-0.25, -0.2) is 10.2 Å². The van der Waals surface area contributed by atoms with Gasteiger partial charge in [-0.05, 0) is 48.4 Å². The summed E-state index contributed by atoms with van der Waals surface area (Å²) in [5.74, 6) is -0.116. The molecule has 8 heteroatoms. The Bertz CT molecular complexity index is 948. The van der Waals surface area contributed by atoms with E-state index >= 15 is 0 Å². The minimum absolute atomic E-state index is 0.115. The first-order valence-electron chi connectivity index (χ1n) is 10.6. The normalized spacial score (nSPS) is 10.9. The number of hydrogen-bond acceptors (Lipinski definition) is 5. The van der Waals surface area contributed by atoms with Crippen molar-refractivity contribution in [2.45, 2.75) is 51.9 Å². The first-order chi connectivity index (χ1) is 15.4. The fraction of sp³-hybridized carbons (Fsp3) is 0.375. The van der Waals surface area contributed by atoms with Crippen molar-refractivity contribution in [3.63, 3.8) is 0 Å². The zero-order chi connectivity index (χ0) is 23.3. The molecule has 0 unspecified atom stereocenters. The maximum atomic E-state index is 12.4. The summed E-state index contributed by atoms with van der Waals surface area (Å²) in [5.41, 5.74) is 3.47. The van der Waals surface area contributed by atoms with E-state index in [4.69, 9.17) is 32.7 Å². The van der Waals surface area contributed by atoms with Gasteiger partial charge in [-0.15, -0.1) is 0 Å². The van der Waals surface area contributed by atoms with Crippen molar-refractivity contribution < 1.29 is 19.1 Å². The number of methoxy groups -OCH3 is 1. The molecule has 0 atom stereocenters. The van der Waals surface area contributed by atoms with Crippen LogP contribution in [0.3, 0.4) is 0 Å². The van der Waals surface area contributed by atoms with E-state index in [2.05, 4.69) is 17.5 Å². The van der Waals surface area contributed by atoms with Crippen LogP contribution in [0.4, 0.5) is 0 Å². The van der Waals surface area contributed by atoms with Gasteiger partial charge in [0.2, 0.25) is 5.91 Å². The first kappa shape index (κ1) is 25.7. The Hall–Kier alpha value is -2.57. The molecule has 0 aromatic heterocycles. The summed E-state index contributed by atoms with van der Waals surface area (Å²) in [4.78, 5) is 24.3. The van der Waals surface area contributed by atoms with E-state index in [1.54, 1.807) is 18.2 Å². The molecule has 0 fully saturated rings. The van der Waals surface area contributed by atoms with E-state index in [1.165, 1.54) is 50.8 Å². The zero-order valence-corrected chi connectivity index (χ0v) is 19.8. The highest BCUT2D eigenvalue weighted by molar-refractivity contribution is 6.42. The molecular weight excluding hydrogens is 451 g/mol. The molecule has 0 spiro atoms. The Labute approximate surface area is 198 Å². The number of carbonyl (C=O) groups excluding carboxylic acids is 2. The third kappa shape index (κ3) is 8.52. The fourth-order valence-electron chi connectivity index (χ4n) is 2.93. The van der Waals surface area contributed by atoms with Gasteiger partial charge in [-0.1, -0.05) is 62.2 Å². The van der Waals surface area contributed by atoms with Gasteiger partial charge >= 0.3 is 5.97 Å². The second-order valence-corrected chi connectivity index (χ2v) is 8.05. The SMILES string of the molecule is CCCCCCCCC(=O)N/N=C\c1ccc(OC(=O)c2ccc(Cl)c(Cl)c2)c(OC)c1. The highest BCUT2D eigenvalue weighted by atomic mass is 35.5. The topological polar surface area (TPSA) is 77.0 Å². The highest BCUT2D eigenvalue weighted by Crippen LogP contribution is 2.29. The van der Waals surface area contributed by atoms with Crippen LogP contribution in [-0.4, -0.2) is 25.2 Å². The largest absolute Gasteiger partial charge is 0.493 e. The van der Waals surface area contributed by atoms with Gasteiger partial charge in [0.1, 0.15) is 0 Å². The molecule has 32 heavy (non-hydrogen) atoms. The second-order valence-electron chi connectivity index (χ2n) is 7.24. The Morgan fingerprint density at radius 1 is 0.969 bits per heavy atom. The highest BCUT2D eigenvalue weighted by Gasteiger charge is 2.14. The summed E-state index contributed by atoms with van der Waals surface area (Å²) < 4.78 is 10.7. The number of nitrogens with zero attached hydrogens (tertiary/aromatic N) is 1. The van der Waals surface area contributed by atoms with Crippen molar-refractivity contribution in [3.05, 3.63) is 57.6 Å². The Kier molecular flexibility index (Phi) is 11.0. The first-order valence-corrected chi connectivity index (χ1v) is 11.4. The van der Waals surface area contributed by atoms with E-state index in [0.717, 1.165) is 19.3 Å². The van der Waals surface area contributed by atoms with Crippen LogP contribution in [0.1, 0.15) is 67.8 Å². The number of rotatable bonds is 12. The van der Waals surface area contributed by atoms with E-state index < -0.39 is 5.97 Å². The Morgan fingerprint density at radius 3 is 2.44 bits per heavy atom. The van der Waals surface area contributed by atoms with Crippen molar-refractivity contribution in [1.29, 1.82) is 0 Å². The van der Waals surface area contributed by atoms with Gasteiger partial charge < -0.3 is 9.47 Å². The minimum Gasteiger partial charge on any atom is -0.493 e. The van der Waals surface area contributed by atoms with E-state index in [9.17, 15) is 9.59 Å². The standard InChI is InChI=1S/C24H28Cl2N2O4/c1-3-4-5-6-7-8-9-23(29)28-27-16-17-10-13-21(22(14-17)31-2)32-24(30)18-11-12-19(25)20(26)15-18/h10-16H,3-9H2,1-2H3,(H,28,29)/b27-16-. The second kappa shape index (κ2) is 13.8. The van der Waals surface area contributed by atoms with Crippen molar-refractivity contribution in [2.75, 3.05) is 7.11 Å². The fourth-order valence-corrected chi connectivity index (χ4v) is 3.23. The van der Waals surface area contributed by atoms with E-state index in [0.29, 0.717) is 22.8 Å². The average Bonchev–Trinajstić information content (AvgIpc) is 2.78. The zero-order valence-electron chi connectivity index (χ0n) is 18.3. The van der Waals surface area contributed by atoms with Crippen LogP contribution in [0.15, 0.2) is 41.5 Å². The molecular formula is C24H28Cl2N2O4. The van der Waals surface area contributed by atoms with Crippen molar-refractivity contribution >= 4 is 41.3 Å². The predicted octanol–water partition coefficient (Wildman–Crippen LogP) is 6.42. The van der Waals surface area contributed by atoms with Crippen molar-refractivity contribution in [1.82, 2.24) is 5.43 Å². The van der Waals surface area contributed by atoms with Crippen LogP contribution in [0.25, 0.3) is 0 Å². The molecule has 0 aliphatic heterocycles. The number of halogens is 2. The van der Waals surface area contributed by atoms with E-state index in [-0.39, 0.29) is 22.2 Å². The molecule has 2 aromatic carbocycles. The van der Waals surface area contributed by atoms with Crippen LogP contribution in [0.2, 0.25) is 10.0 Å². The number of nitrogens with one attached hydrogen (secondary N) is 1. The quantitative estimate of drug-likeness (QED) is 0.125. The molecule has 0 radical (unpaired) electrons. The summed E-state index contributed by atoms with van der Waals surface area (Å²) in [7, 11) is 1.47. The van der Waals surface area contributed by atoms with Crippen LogP contribution >= 0.6 is 23.2 Å². The third-order valence-electron chi connectivity index (χ3n) is 4.71. The Morgan fingerprint density at radius 2 is 1.72 bits per heavy atom.